The number of unbranched alkanes of at least 4 members (excludes halogenated alkanes) is 3. The van der Waals surface area contributed by atoms with Gasteiger partial charge in [-0.3, -0.25) is 4.79 Å². The van der Waals surface area contributed by atoms with Crippen molar-refractivity contribution in [3.8, 4) is 22.8 Å². The lowest BCUT2D eigenvalue weighted by Gasteiger charge is -2.23. The number of nitrogens with one attached hydrogen (secondary N) is 1. The number of phenolic OH excluding ortho intramolecular Hbond substituents is 1. The third-order valence-corrected chi connectivity index (χ3v) is 6.81. The minimum absolute atomic E-state index is 0.0404. The second-order valence-electron chi connectivity index (χ2n) is 9.94. The van der Waals surface area contributed by atoms with E-state index in [2.05, 4.69) is 45.8 Å². The van der Waals surface area contributed by atoms with E-state index in [0.717, 1.165) is 74.4 Å². The van der Waals surface area contributed by atoms with Crippen molar-refractivity contribution in [3.05, 3.63) is 28.8 Å². The first-order chi connectivity index (χ1) is 19.7. The number of aromatic hydroxyl groups is 1. The van der Waals surface area contributed by atoms with Crippen molar-refractivity contribution in [2.24, 2.45) is 0 Å². The van der Waals surface area contributed by atoms with Crippen LogP contribution in [0.3, 0.4) is 0 Å². The quantitative estimate of drug-likeness (QED) is 0.185. The number of halogens is 3. The molecule has 0 saturated carbocycles. The van der Waals surface area contributed by atoms with Crippen LogP contribution in [0.4, 0.5) is 19.0 Å². The van der Waals surface area contributed by atoms with E-state index in [1.807, 2.05) is 0 Å². The van der Waals surface area contributed by atoms with Crippen LogP contribution in [0.1, 0.15) is 95.8 Å². The summed E-state index contributed by atoms with van der Waals surface area (Å²) in [6.45, 7) is 9.63. The van der Waals surface area contributed by atoms with Gasteiger partial charge in [0, 0.05) is 29.8 Å². The lowest BCUT2D eigenvalue weighted by molar-refractivity contribution is -0.274. The summed E-state index contributed by atoms with van der Waals surface area (Å²) in [7, 11) is 0. The van der Waals surface area contributed by atoms with Crippen molar-refractivity contribution < 1.29 is 37.3 Å². The molecule has 230 valence electrons. The number of aromatic nitrogens is 2. The average molecular weight is 584 g/mol. The number of benzene rings is 1. The largest absolute Gasteiger partial charge is 0.573 e. The van der Waals surface area contributed by atoms with Gasteiger partial charge in [0.05, 0.1) is 13.2 Å². The number of hydrogen-bond acceptors (Lipinski definition) is 8. The number of fused-ring (bicyclic) bond motifs is 3. The van der Waals surface area contributed by atoms with Gasteiger partial charge in [-0.1, -0.05) is 46.5 Å². The molecular formula is C30H44F3N3O5. The number of hydrogen-bond donors (Lipinski definition) is 2. The monoisotopic (exact) mass is 583 g/mol. The molecule has 0 aliphatic carbocycles. The molecule has 0 spiro atoms. The maximum atomic E-state index is 12.8. The average Bonchev–Trinajstić information content (AvgIpc) is 3.00. The molecule has 0 radical (unpaired) electrons. The van der Waals surface area contributed by atoms with Crippen LogP contribution >= 0.6 is 0 Å². The maximum Gasteiger partial charge on any atom is 0.573 e. The number of ether oxygens (including phenoxy) is 3. The minimum Gasteiger partial charge on any atom is -0.507 e. The number of carbonyl (C=O) groups excluding carboxylic acids is 1. The normalized spacial score (nSPS) is 13.7. The van der Waals surface area contributed by atoms with E-state index in [9.17, 15) is 23.1 Å². The summed E-state index contributed by atoms with van der Waals surface area (Å²) in [5, 5.41) is 23.6. The highest BCUT2D eigenvalue weighted by Gasteiger charge is 2.32. The van der Waals surface area contributed by atoms with Gasteiger partial charge in [0.2, 0.25) is 0 Å². The fourth-order valence-electron chi connectivity index (χ4n) is 4.77. The Morgan fingerprint density at radius 3 is 2.49 bits per heavy atom. The Bertz CT molecular complexity index is 1080. The first kappa shape index (κ1) is 34.1. The maximum absolute atomic E-state index is 12.8. The van der Waals surface area contributed by atoms with E-state index < -0.39 is 12.1 Å². The number of rotatable bonds is 13. The summed E-state index contributed by atoms with van der Waals surface area (Å²) < 4.78 is 52.5. The topological polar surface area (TPSA) is 103 Å². The third kappa shape index (κ3) is 11.0. The minimum atomic E-state index is -4.86. The zero-order chi connectivity index (χ0) is 30.3. The highest BCUT2D eigenvalue weighted by Crippen LogP contribution is 2.41. The molecule has 2 aromatic rings. The molecule has 1 aliphatic rings. The van der Waals surface area contributed by atoms with Crippen LogP contribution in [0.5, 0.6) is 11.5 Å². The van der Waals surface area contributed by atoms with E-state index in [1.54, 1.807) is 6.92 Å². The Labute approximate surface area is 241 Å². The Balaban J connectivity index is 0.00000108. The number of phenols is 1. The van der Waals surface area contributed by atoms with Crippen LogP contribution in [0.2, 0.25) is 0 Å². The van der Waals surface area contributed by atoms with Crippen molar-refractivity contribution in [1.82, 2.24) is 10.2 Å². The predicted octanol–water partition coefficient (Wildman–Crippen LogP) is 7.50. The highest BCUT2D eigenvalue weighted by molar-refractivity contribution is 5.76. The molecule has 1 aromatic carbocycles. The Kier molecular flexibility index (Phi) is 14.7. The first-order valence-electron chi connectivity index (χ1n) is 14.6. The van der Waals surface area contributed by atoms with Crippen molar-refractivity contribution in [2.75, 3.05) is 18.5 Å². The van der Waals surface area contributed by atoms with E-state index in [-0.39, 0.29) is 18.4 Å². The summed E-state index contributed by atoms with van der Waals surface area (Å²) >= 11 is 0. The van der Waals surface area contributed by atoms with E-state index in [0.29, 0.717) is 42.9 Å². The van der Waals surface area contributed by atoms with E-state index in [1.165, 1.54) is 12.5 Å². The molecule has 2 heterocycles. The molecule has 3 rings (SSSR count). The fraction of sp³-hybridized carbons (Fsp3) is 0.633. The van der Waals surface area contributed by atoms with Crippen LogP contribution in [0.25, 0.3) is 11.3 Å². The zero-order valence-corrected chi connectivity index (χ0v) is 24.6. The van der Waals surface area contributed by atoms with Gasteiger partial charge in [0.1, 0.15) is 17.2 Å². The van der Waals surface area contributed by atoms with Crippen molar-refractivity contribution >= 4 is 12.3 Å². The summed E-state index contributed by atoms with van der Waals surface area (Å²) in [5.74, 6) is -0.0526. The first-order valence-corrected chi connectivity index (χ1v) is 14.6. The van der Waals surface area contributed by atoms with Gasteiger partial charge in [0.25, 0.3) is 6.47 Å². The van der Waals surface area contributed by atoms with Crippen molar-refractivity contribution in [1.29, 1.82) is 0 Å². The van der Waals surface area contributed by atoms with Gasteiger partial charge in [-0.05, 0) is 62.6 Å². The molecule has 1 unspecified atom stereocenters. The van der Waals surface area contributed by atoms with Crippen LogP contribution in [0.15, 0.2) is 12.1 Å². The fourth-order valence-corrected chi connectivity index (χ4v) is 4.77. The molecule has 0 fully saturated rings. The lowest BCUT2D eigenvalue weighted by atomic mass is 9.92. The predicted molar refractivity (Wildman–Crippen MR) is 152 cm³/mol. The summed E-state index contributed by atoms with van der Waals surface area (Å²) in [4.78, 5) is 9.18. The molecule has 0 saturated heterocycles. The number of carbonyl (C=O) groups is 1. The summed E-state index contributed by atoms with van der Waals surface area (Å²) in [6.07, 6.45) is 4.82. The smallest absolute Gasteiger partial charge is 0.507 e. The van der Waals surface area contributed by atoms with E-state index >= 15 is 0 Å². The van der Waals surface area contributed by atoms with Gasteiger partial charge in [-0.2, -0.15) is 0 Å². The van der Waals surface area contributed by atoms with E-state index in [4.69, 9.17) is 4.74 Å². The Morgan fingerprint density at radius 2 is 1.88 bits per heavy atom. The molecule has 8 nitrogen and oxygen atoms in total. The standard InChI is InChI=1S/C27H38F3N3O3.C3H6O2/c1-4-7-9-11-19(6-3)31-26-22(12-8-5-2)21-13-10-14-35-17-18-15-20(36-27(28,29)30)16-23(34)24(18)25(21)32-33-26;1-2-5-3-4/h15-16,19,34H,4-14,17H2,1-3H3,(H,31,33);3H,2H2,1H3. The van der Waals surface area contributed by atoms with Gasteiger partial charge in [-0.15, -0.1) is 23.4 Å². The Morgan fingerprint density at radius 1 is 1.12 bits per heavy atom. The molecule has 1 aromatic heterocycles. The van der Waals surface area contributed by atoms with Crippen LogP contribution in [-0.2, 0) is 33.7 Å². The number of nitrogens with zero attached hydrogens (tertiary/aromatic N) is 2. The Hall–Kier alpha value is -3.08. The van der Waals surface area contributed by atoms with Crippen molar-refractivity contribution in [2.45, 2.75) is 111 Å². The number of anilines is 1. The van der Waals surface area contributed by atoms with Crippen LogP contribution in [-0.4, -0.2) is 47.4 Å². The molecular weight excluding hydrogens is 539 g/mol. The van der Waals surface area contributed by atoms with Gasteiger partial charge < -0.3 is 24.6 Å². The molecule has 41 heavy (non-hydrogen) atoms. The van der Waals surface area contributed by atoms with Gasteiger partial charge in [0.15, 0.2) is 5.82 Å². The second-order valence-corrected chi connectivity index (χ2v) is 9.94. The number of alkyl halides is 3. The molecule has 11 heteroatoms. The molecule has 0 bridgehead atoms. The van der Waals surface area contributed by atoms with Gasteiger partial charge >= 0.3 is 6.36 Å². The molecule has 1 aliphatic heterocycles. The SMILES string of the molecule is CCCCCC(CC)Nc1nnc2c(c1CCCC)CCCOCc1cc(OC(F)(F)F)cc(O)c1-2.CCOC=O. The molecule has 0 amide bonds. The van der Waals surface area contributed by atoms with Crippen molar-refractivity contribution in [3.63, 3.8) is 0 Å². The van der Waals surface area contributed by atoms with Crippen LogP contribution < -0.4 is 10.1 Å². The zero-order valence-electron chi connectivity index (χ0n) is 24.6. The lowest BCUT2D eigenvalue weighted by Crippen LogP contribution is -2.22. The van der Waals surface area contributed by atoms with Crippen LogP contribution in [0, 0.1) is 0 Å². The molecule has 1 atom stereocenters. The highest BCUT2D eigenvalue weighted by atomic mass is 19.4. The summed E-state index contributed by atoms with van der Waals surface area (Å²) in [6, 6.07) is 2.53. The molecule has 2 N–H and O–H groups in total. The summed E-state index contributed by atoms with van der Waals surface area (Å²) in [5.41, 5.74) is 3.28. The second kappa shape index (κ2) is 17.7. The van der Waals surface area contributed by atoms with Gasteiger partial charge in [-0.25, -0.2) is 0 Å². The third-order valence-electron chi connectivity index (χ3n) is 6.81.